The van der Waals surface area contributed by atoms with Gasteiger partial charge in [-0.15, -0.1) is 0 Å². The van der Waals surface area contributed by atoms with E-state index in [1.165, 1.54) is 16.4 Å². The number of hydrogen-bond donors (Lipinski definition) is 1. The Morgan fingerprint density at radius 1 is 1.15 bits per heavy atom. The molecular formula is C14H16ClNO3S. The van der Waals surface area contributed by atoms with Gasteiger partial charge in [-0.1, -0.05) is 23.8 Å². The average molecular weight is 314 g/mol. The molecule has 108 valence electrons. The summed E-state index contributed by atoms with van der Waals surface area (Å²) in [6, 6.07) is 5.65. The quantitative estimate of drug-likeness (QED) is 0.851. The molecule has 3 atom stereocenters. The minimum absolute atomic E-state index is 0.155. The zero-order chi connectivity index (χ0) is 14.3. The van der Waals surface area contributed by atoms with Gasteiger partial charge < -0.3 is 5.11 Å². The van der Waals surface area contributed by atoms with Crippen LogP contribution < -0.4 is 0 Å². The molecular weight excluding hydrogens is 298 g/mol. The average Bonchev–Trinajstić information content (AvgIpc) is 2.43. The highest BCUT2D eigenvalue weighted by atomic mass is 35.5. The largest absolute Gasteiger partial charge is 0.387 e. The second-order valence-electron chi connectivity index (χ2n) is 5.23. The van der Waals surface area contributed by atoms with E-state index >= 15 is 0 Å². The first-order chi connectivity index (χ1) is 9.50. The van der Waals surface area contributed by atoms with E-state index in [2.05, 4.69) is 0 Å². The lowest BCUT2D eigenvalue weighted by Crippen LogP contribution is -2.55. The maximum atomic E-state index is 12.8. The van der Waals surface area contributed by atoms with Crippen molar-refractivity contribution in [1.29, 1.82) is 0 Å². The lowest BCUT2D eigenvalue weighted by Gasteiger charge is -2.44. The van der Waals surface area contributed by atoms with Crippen molar-refractivity contribution in [2.45, 2.75) is 42.3 Å². The molecule has 0 amide bonds. The summed E-state index contributed by atoms with van der Waals surface area (Å²) in [4.78, 5) is 0.223. The fourth-order valence-corrected chi connectivity index (χ4v) is 4.96. The van der Waals surface area contributed by atoms with Crippen molar-refractivity contribution in [3.8, 4) is 0 Å². The minimum Gasteiger partial charge on any atom is -0.387 e. The molecule has 2 aliphatic rings. The zero-order valence-electron chi connectivity index (χ0n) is 10.8. The summed E-state index contributed by atoms with van der Waals surface area (Å²) in [5.41, 5.74) is 0. The molecule has 2 unspecified atom stereocenters. The third-order valence-electron chi connectivity index (χ3n) is 3.97. The normalized spacial score (nSPS) is 30.4. The molecule has 1 N–H and O–H groups in total. The van der Waals surface area contributed by atoms with Gasteiger partial charge >= 0.3 is 0 Å². The maximum Gasteiger partial charge on any atom is 0.243 e. The van der Waals surface area contributed by atoms with E-state index in [0.717, 1.165) is 12.8 Å². The van der Waals surface area contributed by atoms with Crippen molar-refractivity contribution < 1.29 is 13.5 Å². The number of nitrogens with zero attached hydrogens (tertiary/aromatic N) is 1. The third kappa shape index (κ3) is 2.29. The predicted molar refractivity (Wildman–Crippen MR) is 77.1 cm³/mol. The van der Waals surface area contributed by atoms with E-state index < -0.39 is 16.1 Å². The number of sulfonamides is 1. The summed E-state index contributed by atoms with van der Waals surface area (Å²) < 4.78 is 27.1. The van der Waals surface area contributed by atoms with Gasteiger partial charge in [0.15, 0.2) is 0 Å². The molecule has 0 aromatic heterocycles. The Kier molecular flexibility index (Phi) is 3.62. The van der Waals surface area contributed by atoms with E-state index in [4.69, 9.17) is 11.6 Å². The number of hydrogen-bond acceptors (Lipinski definition) is 3. The molecule has 3 rings (SSSR count). The Labute approximate surface area is 123 Å². The summed E-state index contributed by atoms with van der Waals surface area (Å²) in [5, 5.41) is 10.5. The highest BCUT2D eigenvalue weighted by Crippen LogP contribution is 2.35. The van der Waals surface area contributed by atoms with Crippen LogP contribution in [-0.4, -0.2) is 36.0 Å². The van der Waals surface area contributed by atoms with Crippen LogP contribution in [0.1, 0.15) is 19.3 Å². The second kappa shape index (κ2) is 5.15. The van der Waals surface area contributed by atoms with Gasteiger partial charge in [-0.2, -0.15) is 4.31 Å². The molecule has 20 heavy (non-hydrogen) atoms. The molecule has 2 heterocycles. The summed E-state index contributed by atoms with van der Waals surface area (Å²) in [6.45, 7) is 0. The molecule has 0 spiro atoms. The van der Waals surface area contributed by atoms with Crippen LogP contribution in [0.4, 0.5) is 0 Å². The zero-order valence-corrected chi connectivity index (χ0v) is 12.4. The van der Waals surface area contributed by atoms with Crippen LogP contribution in [0.5, 0.6) is 0 Å². The summed E-state index contributed by atoms with van der Waals surface area (Å²) >= 11 is 5.81. The number of halogens is 1. The Morgan fingerprint density at radius 2 is 1.85 bits per heavy atom. The fraction of sp³-hybridized carbons (Fsp3) is 0.429. The number of fused-ring (bicyclic) bond motifs is 2. The van der Waals surface area contributed by atoms with E-state index in [0.29, 0.717) is 11.4 Å². The number of aliphatic hydroxyl groups is 1. The van der Waals surface area contributed by atoms with Crippen LogP contribution in [0.25, 0.3) is 0 Å². The number of aliphatic hydroxyl groups excluding tert-OH is 1. The predicted octanol–water partition coefficient (Wildman–Crippen LogP) is 2.18. The number of rotatable bonds is 2. The first-order valence-electron chi connectivity index (χ1n) is 6.65. The van der Waals surface area contributed by atoms with Crippen molar-refractivity contribution in [2.24, 2.45) is 0 Å². The highest BCUT2D eigenvalue weighted by molar-refractivity contribution is 7.89. The van der Waals surface area contributed by atoms with Gasteiger partial charge in [0.1, 0.15) is 0 Å². The van der Waals surface area contributed by atoms with Gasteiger partial charge in [-0.05, 0) is 43.5 Å². The van der Waals surface area contributed by atoms with Gasteiger partial charge in [0, 0.05) is 11.1 Å². The first-order valence-corrected chi connectivity index (χ1v) is 8.47. The Balaban J connectivity index is 2.02. The molecule has 0 radical (unpaired) electrons. The standard InChI is InChI=1S/C14H16ClNO3S/c15-10-4-7-12(8-5-10)20(18,19)16-11-2-1-3-13(16)14(17)9-6-11/h4-9,11,13-14,17H,1-3H2/t11?,13?,14-/m0/s1. The van der Waals surface area contributed by atoms with Crippen LogP contribution in [-0.2, 0) is 10.0 Å². The second-order valence-corrected chi connectivity index (χ2v) is 7.51. The molecule has 4 nitrogen and oxygen atoms in total. The molecule has 6 heteroatoms. The third-order valence-corrected chi connectivity index (χ3v) is 6.18. The summed E-state index contributed by atoms with van der Waals surface area (Å²) in [7, 11) is -3.61. The summed E-state index contributed by atoms with van der Waals surface area (Å²) in [5.74, 6) is 0. The molecule has 1 fully saturated rings. The molecule has 1 saturated heterocycles. The van der Waals surface area contributed by atoms with Crippen molar-refractivity contribution in [3.63, 3.8) is 0 Å². The lowest BCUT2D eigenvalue weighted by atomic mass is 9.90. The van der Waals surface area contributed by atoms with Crippen molar-refractivity contribution in [1.82, 2.24) is 4.31 Å². The molecule has 1 aromatic carbocycles. The number of piperidine rings is 1. The van der Waals surface area contributed by atoms with Crippen LogP contribution in [0.3, 0.4) is 0 Å². The Hall–Kier alpha value is -0.880. The Morgan fingerprint density at radius 3 is 2.55 bits per heavy atom. The van der Waals surface area contributed by atoms with Gasteiger partial charge in [0.05, 0.1) is 17.0 Å². The van der Waals surface area contributed by atoms with Gasteiger partial charge in [0.25, 0.3) is 0 Å². The van der Waals surface area contributed by atoms with Crippen LogP contribution in [0.15, 0.2) is 41.3 Å². The van der Waals surface area contributed by atoms with Crippen molar-refractivity contribution >= 4 is 21.6 Å². The maximum absolute atomic E-state index is 12.8. The minimum atomic E-state index is -3.61. The van der Waals surface area contributed by atoms with E-state index in [-0.39, 0.29) is 17.0 Å². The topological polar surface area (TPSA) is 57.6 Å². The summed E-state index contributed by atoms with van der Waals surface area (Å²) in [6.07, 6.45) is 5.20. The SMILES string of the molecule is O=S(=O)(c1ccc(Cl)cc1)N1C2C=C[C@H](O)C1CCC2. The van der Waals surface area contributed by atoms with Crippen LogP contribution in [0, 0.1) is 0 Å². The highest BCUT2D eigenvalue weighted by Gasteiger charge is 2.43. The molecule has 1 aromatic rings. The van der Waals surface area contributed by atoms with E-state index in [9.17, 15) is 13.5 Å². The van der Waals surface area contributed by atoms with Gasteiger partial charge in [-0.25, -0.2) is 8.42 Å². The van der Waals surface area contributed by atoms with Gasteiger partial charge in [-0.3, -0.25) is 0 Å². The van der Waals surface area contributed by atoms with E-state index in [1.54, 1.807) is 24.3 Å². The van der Waals surface area contributed by atoms with E-state index in [1.807, 2.05) is 0 Å². The molecule has 0 aliphatic carbocycles. The molecule has 0 saturated carbocycles. The van der Waals surface area contributed by atoms with Crippen molar-refractivity contribution in [2.75, 3.05) is 0 Å². The van der Waals surface area contributed by atoms with Crippen LogP contribution in [0.2, 0.25) is 5.02 Å². The fourth-order valence-electron chi connectivity index (χ4n) is 2.99. The lowest BCUT2D eigenvalue weighted by molar-refractivity contribution is 0.0739. The number of benzene rings is 1. The molecule has 2 bridgehead atoms. The molecule has 2 aliphatic heterocycles. The van der Waals surface area contributed by atoms with Crippen molar-refractivity contribution in [3.05, 3.63) is 41.4 Å². The monoisotopic (exact) mass is 313 g/mol. The Bertz CT molecular complexity index is 626. The van der Waals surface area contributed by atoms with Gasteiger partial charge in [0.2, 0.25) is 10.0 Å². The van der Waals surface area contributed by atoms with Crippen LogP contribution >= 0.6 is 11.6 Å². The first kappa shape index (κ1) is 14.1. The smallest absolute Gasteiger partial charge is 0.243 e.